The first kappa shape index (κ1) is 20.5. The van der Waals surface area contributed by atoms with Gasteiger partial charge in [0.15, 0.2) is 17.3 Å². The van der Waals surface area contributed by atoms with Gasteiger partial charge in [-0.1, -0.05) is 19.1 Å². The van der Waals surface area contributed by atoms with E-state index >= 15 is 0 Å². The van der Waals surface area contributed by atoms with Crippen LogP contribution in [0.15, 0.2) is 42.7 Å². The summed E-state index contributed by atoms with van der Waals surface area (Å²) in [5.41, 5.74) is 0.836. The molecule has 0 saturated heterocycles. The largest absolute Gasteiger partial charge is 0.493 e. The van der Waals surface area contributed by atoms with Crippen LogP contribution in [0.4, 0.5) is 15.9 Å². The molecule has 3 aromatic rings. The summed E-state index contributed by atoms with van der Waals surface area (Å²) >= 11 is 8.29. The lowest BCUT2D eigenvalue weighted by Gasteiger charge is -2.18. The molecule has 1 aromatic heterocycles. The van der Waals surface area contributed by atoms with E-state index in [0.29, 0.717) is 34.8 Å². The van der Waals surface area contributed by atoms with Crippen LogP contribution in [0, 0.1) is 5.82 Å². The molecule has 0 aliphatic rings. The third-order valence-corrected chi connectivity index (χ3v) is 5.37. The van der Waals surface area contributed by atoms with Gasteiger partial charge in [0.25, 0.3) is 0 Å². The van der Waals surface area contributed by atoms with Crippen LogP contribution in [-0.2, 0) is 0 Å². The van der Waals surface area contributed by atoms with Crippen LogP contribution in [0.25, 0.3) is 10.9 Å². The summed E-state index contributed by atoms with van der Waals surface area (Å²) in [7, 11) is 1.57. The zero-order chi connectivity index (χ0) is 19.9. The van der Waals surface area contributed by atoms with Crippen LogP contribution in [-0.4, -0.2) is 35.2 Å². The average molecular weight is 422 g/mol. The maximum atomic E-state index is 14.1. The number of fused-ring (bicyclic) bond motifs is 1. The highest BCUT2D eigenvalue weighted by Gasteiger charge is 2.18. The first-order chi connectivity index (χ1) is 13.7. The number of aromatic nitrogens is 2. The van der Waals surface area contributed by atoms with Crippen LogP contribution in [0.1, 0.15) is 13.3 Å². The number of anilines is 2. The Balaban J connectivity index is 1.93. The van der Waals surface area contributed by atoms with Crippen molar-refractivity contribution in [3.05, 3.63) is 48.5 Å². The first-order valence-electron chi connectivity index (χ1n) is 8.89. The molecule has 2 aromatic carbocycles. The predicted molar refractivity (Wildman–Crippen MR) is 114 cm³/mol. The highest BCUT2D eigenvalue weighted by molar-refractivity contribution is 7.99. The van der Waals surface area contributed by atoms with Crippen molar-refractivity contribution in [3.63, 3.8) is 0 Å². The second-order valence-electron chi connectivity index (χ2n) is 5.85. The zero-order valence-electron chi connectivity index (χ0n) is 15.7. The van der Waals surface area contributed by atoms with Crippen LogP contribution < -0.4 is 13.9 Å². The molecule has 1 heterocycles. The van der Waals surface area contributed by atoms with Gasteiger partial charge in [-0.25, -0.2) is 18.8 Å². The highest BCUT2D eigenvalue weighted by Crippen LogP contribution is 2.38. The standard InChI is InChI=1S/C20H21ClFN3O2S/c1-3-28-10-6-9-27-19-12-16-14(11-18(19)26-2)20(24-13-23-16)25(21)17-8-5-4-7-15(17)22/h4-5,7-8,11-13H,3,6,9-10H2,1-2H3. The Morgan fingerprint density at radius 3 is 2.75 bits per heavy atom. The molecule has 5 nitrogen and oxygen atoms in total. The molecule has 0 saturated carbocycles. The van der Waals surface area contributed by atoms with Crippen molar-refractivity contribution in [2.75, 3.05) is 29.6 Å². The van der Waals surface area contributed by atoms with E-state index in [-0.39, 0.29) is 5.69 Å². The lowest BCUT2D eigenvalue weighted by Crippen LogP contribution is -2.07. The molecule has 0 bridgehead atoms. The third-order valence-electron chi connectivity index (χ3n) is 4.04. The smallest absolute Gasteiger partial charge is 0.163 e. The number of benzene rings is 2. The van der Waals surface area contributed by atoms with Gasteiger partial charge < -0.3 is 9.47 Å². The maximum Gasteiger partial charge on any atom is 0.163 e. The molecule has 8 heteroatoms. The van der Waals surface area contributed by atoms with E-state index in [2.05, 4.69) is 16.9 Å². The Hall–Kier alpha value is -2.25. The Morgan fingerprint density at radius 2 is 2.00 bits per heavy atom. The fourth-order valence-electron chi connectivity index (χ4n) is 2.69. The number of rotatable bonds is 9. The SMILES string of the molecule is CCSCCCOc1cc2ncnc(N(Cl)c3ccccc3F)c2cc1OC. The highest BCUT2D eigenvalue weighted by atomic mass is 35.5. The molecule has 0 N–H and O–H groups in total. The van der Waals surface area contributed by atoms with E-state index in [9.17, 15) is 4.39 Å². The van der Waals surface area contributed by atoms with E-state index in [1.165, 1.54) is 16.8 Å². The summed E-state index contributed by atoms with van der Waals surface area (Å²) < 4.78 is 26.7. The number of ether oxygens (including phenoxy) is 2. The molecule has 28 heavy (non-hydrogen) atoms. The van der Waals surface area contributed by atoms with Crippen LogP contribution >= 0.6 is 23.5 Å². The molecule has 0 atom stereocenters. The molecular weight excluding hydrogens is 401 g/mol. The number of nitrogens with zero attached hydrogens (tertiary/aromatic N) is 3. The van der Waals surface area contributed by atoms with Gasteiger partial charge in [0.1, 0.15) is 12.1 Å². The van der Waals surface area contributed by atoms with Gasteiger partial charge in [-0.2, -0.15) is 11.8 Å². The second-order valence-corrected chi connectivity index (χ2v) is 7.58. The average Bonchev–Trinajstić information content (AvgIpc) is 2.72. The summed E-state index contributed by atoms with van der Waals surface area (Å²) in [4.78, 5) is 8.55. The molecule has 0 radical (unpaired) electrons. The molecule has 0 aliphatic heterocycles. The van der Waals surface area contributed by atoms with Gasteiger partial charge in [-0.15, -0.1) is 0 Å². The maximum absolute atomic E-state index is 14.1. The van der Waals surface area contributed by atoms with Crippen molar-refractivity contribution in [2.45, 2.75) is 13.3 Å². The number of methoxy groups -OCH3 is 1. The topological polar surface area (TPSA) is 47.5 Å². The second kappa shape index (κ2) is 9.80. The zero-order valence-corrected chi connectivity index (χ0v) is 17.3. The van der Waals surface area contributed by atoms with E-state index < -0.39 is 5.82 Å². The van der Waals surface area contributed by atoms with Crippen molar-refractivity contribution in [3.8, 4) is 11.5 Å². The van der Waals surface area contributed by atoms with E-state index in [1.54, 1.807) is 37.4 Å². The number of halogens is 2. The molecule has 3 rings (SSSR count). The van der Waals surface area contributed by atoms with Gasteiger partial charge in [0, 0.05) is 23.2 Å². The number of hydrogen-bond acceptors (Lipinski definition) is 6. The monoisotopic (exact) mass is 421 g/mol. The summed E-state index contributed by atoms with van der Waals surface area (Å²) in [6.07, 6.45) is 2.33. The van der Waals surface area contributed by atoms with Gasteiger partial charge >= 0.3 is 0 Å². The lowest BCUT2D eigenvalue weighted by atomic mass is 10.2. The van der Waals surface area contributed by atoms with Gasteiger partial charge in [0.2, 0.25) is 0 Å². The van der Waals surface area contributed by atoms with Crippen LogP contribution in [0.5, 0.6) is 11.5 Å². The molecule has 0 unspecified atom stereocenters. The Morgan fingerprint density at radius 1 is 1.18 bits per heavy atom. The fraction of sp³-hybridized carbons (Fsp3) is 0.300. The predicted octanol–water partition coefficient (Wildman–Crippen LogP) is 5.59. The van der Waals surface area contributed by atoms with Crippen LogP contribution in [0.3, 0.4) is 0 Å². The van der Waals surface area contributed by atoms with Crippen molar-refractivity contribution < 1.29 is 13.9 Å². The van der Waals surface area contributed by atoms with Crippen LogP contribution in [0.2, 0.25) is 0 Å². The molecule has 0 fully saturated rings. The Bertz CT molecular complexity index is 944. The summed E-state index contributed by atoms with van der Waals surface area (Å²) in [5.74, 6) is 3.21. The quantitative estimate of drug-likeness (QED) is 0.331. The third kappa shape index (κ3) is 4.59. The first-order valence-corrected chi connectivity index (χ1v) is 10.4. The van der Waals surface area contributed by atoms with Crippen molar-refractivity contribution >= 4 is 45.9 Å². The summed E-state index contributed by atoms with van der Waals surface area (Å²) in [5, 5.41) is 0.631. The minimum atomic E-state index is -0.443. The molecule has 148 valence electrons. The Kier molecular flexibility index (Phi) is 7.17. The van der Waals surface area contributed by atoms with E-state index in [0.717, 1.165) is 17.9 Å². The number of para-hydroxylation sites is 1. The molecule has 0 amide bonds. The van der Waals surface area contributed by atoms with Gasteiger partial charge in [-0.3, -0.25) is 0 Å². The van der Waals surface area contributed by atoms with Gasteiger partial charge in [0.05, 0.1) is 24.9 Å². The normalized spacial score (nSPS) is 10.9. The minimum Gasteiger partial charge on any atom is -0.493 e. The lowest BCUT2D eigenvalue weighted by molar-refractivity contribution is 0.296. The van der Waals surface area contributed by atoms with Crippen molar-refractivity contribution in [1.82, 2.24) is 9.97 Å². The molecule has 0 aliphatic carbocycles. The van der Waals surface area contributed by atoms with Crippen molar-refractivity contribution in [1.29, 1.82) is 0 Å². The van der Waals surface area contributed by atoms with E-state index in [4.69, 9.17) is 21.3 Å². The fourth-order valence-corrected chi connectivity index (χ4v) is 3.57. The van der Waals surface area contributed by atoms with Crippen molar-refractivity contribution in [2.24, 2.45) is 0 Å². The van der Waals surface area contributed by atoms with Gasteiger partial charge in [-0.05, 0) is 36.1 Å². The summed E-state index contributed by atoms with van der Waals surface area (Å²) in [6.45, 7) is 2.72. The summed E-state index contributed by atoms with van der Waals surface area (Å²) in [6, 6.07) is 9.79. The molecular formula is C20H21ClFN3O2S. The number of hydrogen-bond donors (Lipinski definition) is 0. The Labute approximate surface area is 172 Å². The number of thioether (sulfide) groups is 1. The molecule has 0 spiro atoms. The van der Waals surface area contributed by atoms with E-state index in [1.807, 2.05) is 11.8 Å². The minimum absolute atomic E-state index is 0.205.